The standard InChI is InChI=1S/C16H21N3O2/c1-11-10-12(6-7-13(11)20-2)14-18-15(21-19-14)16(17)8-4-3-5-9-16/h6-7,10H,3-5,8-9,17H2,1-2H3. The van der Waals surface area contributed by atoms with E-state index in [2.05, 4.69) is 10.1 Å². The van der Waals surface area contributed by atoms with Crippen molar-refractivity contribution >= 4 is 0 Å². The SMILES string of the molecule is COc1ccc(-c2noc(C3(N)CCCCC3)n2)cc1C. The van der Waals surface area contributed by atoms with E-state index in [0.29, 0.717) is 11.7 Å². The molecule has 112 valence electrons. The van der Waals surface area contributed by atoms with Gasteiger partial charge < -0.3 is 15.0 Å². The summed E-state index contributed by atoms with van der Waals surface area (Å²) in [5.41, 5.74) is 7.94. The Kier molecular flexibility index (Phi) is 3.68. The number of benzene rings is 1. The van der Waals surface area contributed by atoms with Gasteiger partial charge in [0.1, 0.15) is 5.75 Å². The van der Waals surface area contributed by atoms with Gasteiger partial charge in [0.2, 0.25) is 11.7 Å². The largest absolute Gasteiger partial charge is 0.496 e. The topological polar surface area (TPSA) is 74.2 Å². The van der Waals surface area contributed by atoms with E-state index in [1.54, 1.807) is 7.11 Å². The van der Waals surface area contributed by atoms with Crippen LogP contribution in [0.5, 0.6) is 5.75 Å². The summed E-state index contributed by atoms with van der Waals surface area (Å²) < 4.78 is 10.7. The summed E-state index contributed by atoms with van der Waals surface area (Å²) >= 11 is 0. The van der Waals surface area contributed by atoms with Crippen molar-refractivity contribution in [1.29, 1.82) is 0 Å². The van der Waals surface area contributed by atoms with E-state index in [1.807, 2.05) is 25.1 Å². The first-order valence-electron chi connectivity index (χ1n) is 7.40. The summed E-state index contributed by atoms with van der Waals surface area (Å²) in [6, 6.07) is 5.85. The van der Waals surface area contributed by atoms with Gasteiger partial charge in [-0.05, 0) is 43.5 Å². The van der Waals surface area contributed by atoms with Crippen molar-refractivity contribution in [2.75, 3.05) is 7.11 Å². The first-order chi connectivity index (χ1) is 10.1. The quantitative estimate of drug-likeness (QED) is 0.938. The molecule has 0 aliphatic heterocycles. The molecule has 1 heterocycles. The lowest BCUT2D eigenvalue weighted by molar-refractivity contribution is 0.220. The minimum absolute atomic E-state index is 0.453. The molecule has 0 radical (unpaired) electrons. The molecular weight excluding hydrogens is 266 g/mol. The number of nitrogens with zero attached hydrogens (tertiary/aromatic N) is 2. The van der Waals surface area contributed by atoms with Gasteiger partial charge in [-0.2, -0.15) is 4.98 Å². The first kappa shape index (κ1) is 14.1. The maximum absolute atomic E-state index is 6.43. The Morgan fingerprint density at radius 2 is 2.00 bits per heavy atom. The van der Waals surface area contributed by atoms with Crippen LogP contribution in [0, 0.1) is 6.92 Å². The zero-order valence-corrected chi connectivity index (χ0v) is 12.6. The second-order valence-electron chi connectivity index (χ2n) is 5.82. The van der Waals surface area contributed by atoms with E-state index < -0.39 is 5.54 Å². The van der Waals surface area contributed by atoms with Gasteiger partial charge in [0.25, 0.3) is 0 Å². The fourth-order valence-electron chi connectivity index (χ4n) is 2.96. The lowest BCUT2D eigenvalue weighted by Gasteiger charge is -2.29. The maximum Gasteiger partial charge on any atom is 0.247 e. The Balaban J connectivity index is 1.89. The summed E-state index contributed by atoms with van der Waals surface area (Å²) in [5, 5.41) is 4.10. The molecule has 5 heteroatoms. The third-order valence-corrected chi connectivity index (χ3v) is 4.25. The van der Waals surface area contributed by atoms with Gasteiger partial charge >= 0.3 is 0 Å². The van der Waals surface area contributed by atoms with Gasteiger partial charge in [0, 0.05) is 5.56 Å². The third kappa shape index (κ3) is 2.65. The van der Waals surface area contributed by atoms with E-state index >= 15 is 0 Å². The molecule has 0 bridgehead atoms. The van der Waals surface area contributed by atoms with Crippen molar-refractivity contribution in [3.63, 3.8) is 0 Å². The average Bonchev–Trinajstić information content (AvgIpc) is 2.98. The van der Waals surface area contributed by atoms with Gasteiger partial charge in [-0.25, -0.2) is 0 Å². The van der Waals surface area contributed by atoms with E-state index in [1.165, 1.54) is 6.42 Å². The number of nitrogens with two attached hydrogens (primary N) is 1. The molecule has 1 aliphatic rings. The number of aromatic nitrogens is 2. The lowest BCUT2D eigenvalue weighted by atomic mass is 9.82. The number of ether oxygens (including phenoxy) is 1. The highest BCUT2D eigenvalue weighted by Gasteiger charge is 2.35. The predicted octanol–water partition coefficient (Wildman–Crippen LogP) is 3.17. The van der Waals surface area contributed by atoms with Gasteiger partial charge in [-0.15, -0.1) is 0 Å². The van der Waals surface area contributed by atoms with Gasteiger partial charge in [-0.3, -0.25) is 0 Å². The molecule has 21 heavy (non-hydrogen) atoms. The molecule has 1 fully saturated rings. The molecule has 0 unspecified atom stereocenters. The van der Waals surface area contributed by atoms with Gasteiger partial charge in [0.05, 0.1) is 12.6 Å². The Hall–Kier alpha value is -1.88. The van der Waals surface area contributed by atoms with E-state index in [-0.39, 0.29) is 0 Å². The molecular formula is C16H21N3O2. The third-order valence-electron chi connectivity index (χ3n) is 4.25. The number of rotatable bonds is 3. The smallest absolute Gasteiger partial charge is 0.247 e. The zero-order chi connectivity index (χ0) is 14.9. The summed E-state index contributed by atoms with van der Waals surface area (Å²) in [7, 11) is 1.66. The highest BCUT2D eigenvalue weighted by Crippen LogP contribution is 2.34. The summed E-state index contributed by atoms with van der Waals surface area (Å²) in [6.07, 6.45) is 5.30. The molecule has 3 rings (SSSR count). The van der Waals surface area contributed by atoms with Crippen LogP contribution in [0.15, 0.2) is 22.7 Å². The molecule has 0 saturated heterocycles. The van der Waals surface area contributed by atoms with Crippen LogP contribution in [-0.2, 0) is 5.54 Å². The molecule has 0 atom stereocenters. The van der Waals surface area contributed by atoms with Crippen LogP contribution >= 0.6 is 0 Å². The van der Waals surface area contributed by atoms with Crippen LogP contribution in [0.3, 0.4) is 0 Å². The zero-order valence-electron chi connectivity index (χ0n) is 12.6. The number of aryl methyl sites for hydroxylation is 1. The summed E-state index contributed by atoms with van der Waals surface area (Å²) in [6.45, 7) is 1.99. The normalized spacial score (nSPS) is 17.7. The number of hydrogen-bond donors (Lipinski definition) is 1. The maximum atomic E-state index is 6.43. The molecule has 2 N–H and O–H groups in total. The number of methoxy groups -OCH3 is 1. The van der Waals surface area contributed by atoms with Crippen LogP contribution in [0.4, 0.5) is 0 Å². The van der Waals surface area contributed by atoms with Crippen molar-refractivity contribution in [3.8, 4) is 17.1 Å². The second kappa shape index (κ2) is 5.48. The fraction of sp³-hybridized carbons (Fsp3) is 0.500. The molecule has 1 aliphatic carbocycles. The van der Waals surface area contributed by atoms with E-state index in [0.717, 1.165) is 42.6 Å². The summed E-state index contributed by atoms with van der Waals surface area (Å²) in [4.78, 5) is 4.53. The van der Waals surface area contributed by atoms with Crippen LogP contribution in [0.2, 0.25) is 0 Å². The van der Waals surface area contributed by atoms with Gasteiger partial charge in [0.15, 0.2) is 0 Å². The van der Waals surface area contributed by atoms with E-state index in [9.17, 15) is 0 Å². The summed E-state index contributed by atoms with van der Waals surface area (Å²) in [5.74, 6) is 2.00. The Morgan fingerprint density at radius 1 is 1.24 bits per heavy atom. The minimum atomic E-state index is -0.453. The Labute approximate surface area is 124 Å². The molecule has 5 nitrogen and oxygen atoms in total. The highest BCUT2D eigenvalue weighted by atomic mass is 16.5. The molecule has 2 aromatic rings. The van der Waals surface area contributed by atoms with Crippen molar-refractivity contribution in [2.24, 2.45) is 5.73 Å². The van der Waals surface area contributed by atoms with Crippen molar-refractivity contribution < 1.29 is 9.26 Å². The lowest BCUT2D eigenvalue weighted by Crippen LogP contribution is -2.38. The van der Waals surface area contributed by atoms with Crippen LogP contribution in [-0.4, -0.2) is 17.3 Å². The molecule has 0 spiro atoms. The van der Waals surface area contributed by atoms with Crippen LogP contribution in [0.25, 0.3) is 11.4 Å². The van der Waals surface area contributed by atoms with Crippen molar-refractivity contribution in [1.82, 2.24) is 10.1 Å². The first-order valence-corrected chi connectivity index (χ1v) is 7.40. The molecule has 0 amide bonds. The average molecular weight is 287 g/mol. The van der Waals surface area contributed by atoms with Crippen LogP contribution < -0.4 is 10.5 Å². The number of hydrogen-bond acceptors (Lipinski definition) is 5. The monoisotopic (exact) mass is 287 g/mol. The van der Waals surface area contributed by atoms with E-state index in [4.69, 9.17) is 15.0 Å². The molecule has 1 aromatic heterocycles. The molecule has 1 aromatic carbocycles. The van der Waals surface area contributed by atoms with Crippen molar-refractivity contribution in [2.45, 2.75) is 44.6 Å². The van der Waals surface area contributed by atoms with Crippen LogP contribution in [0.1, 0.15) is 43.6 Å². The molecule has 1 saturated carbocycles. The van der Waals surface area contributed by atoms with Gasteiger partial charge in [-0.1, -0.05) is 24.4 Å². The van der Waals surface area contributed by atoms with Crippen molar-refractivity contribution in [3.05, 3.63) is 29.7 Å². The minimum Gasteiger partial charge on any atom is -0.496 e. The highest BCUT2D eigenvalue weighted by molar-refractivity contribution is 5.58. The Morgan fingerprint density at radius 3 is 2.67 bits per heavy atom. The fourth-order valence-corrected chi connectivity index (χ4v) is 2.96. The second-order valence-corrected chi connectivity index (χ2v) is 5.82. The predicted molar refractivity (Wildman–Crippen MR) is 80.0 cm³/mol. The Bertz CT molecular complexity index is 630.